The first-order valence-corrected chi connectivity index (χ1v) is 6.60. The minimum atomic E-state index is -3.62. The molecule has 0 atom stereocenters. The van der Waals surface area contributed by atoms with Gasteiger partial charge >= 0.3 is 0 Å². The zero-order valence-corrected chi connectivity index (χ0v) is 10.2. The van der Waals surface area contributed by atoms with Gasteiger partial charge in [0.05, 0.1) is 5.69 Å². The van der Waals surface area contributed by atoms with Gasteiger partial charge in [-0.2, -0.15) is 0 Å². The van der Waals surface area contributed by atoms with Gasteiger partial charge in [-0.1, -0.05) is 12.0 Å². The van der Waals surface area contributed by atoms with Gasteiger partial charge in [-0.15, -0.1) is 6.42 Å². The number of anilines is 1. The van der Waals surface area contributed by atoms with E-state index in [-0.39, 0.29) is 4.90 Å². The first-order valence-electron chi connectivity index (χ1n) is 5.11. The summed E-state index contributed by atoms with van der Waals surface area (Å²) in [5.41, 5.74) is 1.04. The molecule has 0 unspecified atom stereocenters. The SMILES string of the molecule is C#Cc1cccc(NS(=O)(=O)c2cccnc2)c1. The number of hydrogen-bond acceptors (Lipinski definition) is 3. The summed E-state index contributed by atoms with van der Waals surface area (Å²) in [6.45, 7) is 0. The van der Waals surface area contributed by atoms with Gasteiger partial charge in [0.2, 0.25) is 0 Å². The van der Waals surface area contributed by atoms with Gasteiger partial charge in [0.25, 0.3) is 10.0 Å². The summed E-state index contributed by atoms with van der Waals surface area (Å²) in [6.07, 6.45) is 8.05. The van der Waals surface area contributed by atoms with Crippen molar-refractivity contribution in [3.05, 3.63) is 54.4 Å². The molecule has 0 bridgehead atoms. The normalized spacial score (nSPS) is 10.6. The van der Waals surface area contributed by atoms with E-state index in [1.165, 1.54) is 18.5 Å². The average Bonchev–Trinajstić information content (AvgIpc) is 2.39. The number of nitrogens with one attached hydrogen (secondary N) is 1. The van der Waals surface area contributed by atoms with E-state index in [0.717, 1.165) is 0 Å². The summed E-state index contributed by atoms with van der Waals surface area (Å²) in [6, 6.07) is 9.67. The highest BCUT2D eigenvalue weighted by Gasteiger charge is 2.13. The highest BCUT2D eigenvalue weighted by atomic mass is 32.2. The smallest absolute Gasteiger partial charge is 0.263 e. The molecule has 1 aromatic carbocycles. The molecule has 0 aliphatic rings. The van der Waals surface area contributed by atoms with Crippen LogP contribution in [0.3, 0.4) is 0 Å². The van der Waals surface area contributed by atoms with E-state index < -0.39 is 10.0 Å². The lowest BCUT2D eigenvalue weighted by molar-refractivity contribution is 0.601. The number of rotatable bonds is 3. The molecule has 0 saturated heterocycles. The number of hydrogen-bond donors (Lipinski definition) is 1. The molecule has 0 saturated carbocycles. The third kappa shape index (κ3) is 2.67. The number of pyridine rings is 1. The molecule has 2 rings (SSSR count). The second-order valence-electron chi connectivity index (χ2n) is 3.52. The topological polar surface area (TPSA) is 59.1 Å². The van der Waals surface area contributed by atoms with Crippen LogP contribution in [0, 0.1) is 12.3 Å². The van der Waals surface area contributed by atoms with E-state index in [2.05, 4.69) is 15.6 Å². The Morgan fingerprint density at radius 3 is 2.72 bits per heavy atom. The Balaban J connectivity index is 2.32. The second kappa shape index (κ2) is 4.90. The molecule has 1 aromatic heterocycles. The summed E-state index contributed by atoms with van der Waals surface area (Å²) < 4.78 is 26.4. The second-order valence-corrected chi connectivity index (χ2v) is 5.20. The van der Waals surface area contributed by atoms with Gasteiger partial charge in [-0.3, -0.25) is 9.71 Å². The fraction of sp³-hybridized carbons (Fsp3) is 0. The van der Waals surface area contributed by atoms with E-state index in [4.69, 9.17) is 6.42 Å². The Kier molecular flexibility index (Phi) is 3.31. The van der Waals surface area contributed by atoms with Crippen LogP contribution in [0.4, 0.5) is 5.69 Å². The molecule has 18 heavy (non-hydrogen) atoms. The maximum absolute atomic E-state index is 12.0. The van der Waals surface area contributed by atoms with Gasteiger partial charge in [0.1, 0.15) is 4.90 Å². The molecule has 0 radical (unpaired) electrons. The van der Waals surface area contributed by atoms with Gasteiger partial charge in [0, 0.05) is 18.0 Å². The van der Waals surface area contributed by atoms with Gasteiger partial charge in [-0.05, 0) is 30.3 Å². The third-order valence-corrected chi connectivity index (χ3v) is 3.59. The van der Waals surface area contributed by atoms with E-state index >= 15 is 0 Å². The van der Waals surface area contributed by atoms with Crippen LogP contribution in [0.5, 0.6) is 0 Å². The number of aromatic nitrogens is 1. The number of terminal acetylenes is 1. The fourth-order valence-electron chi connectivity index (χ4n) is 1.39. The van der Waals surface area contributed by atoms with Crippen LogP contribution in [0.2, 0.25) is 0 Å². The lowest BCUT2D eigenvalue weighted by Crippen LogP contribution is -2.13. The summed E-state index contributed by atoms with van der Waals surface area (Å²) in [5.74, 6) is 2.45. The monoisotopic (exact) mass is 258 g/mol. The van der Waals surface area contributed by atoms with Crippen LogP contribution in [0.15, 0.2) is 53.7 Å². The van der Waals surface area contributed by atoms with E-state index in [0.29, 0.717) is 11.3 Å². The quantitative estimate of drug-likeness (QED) is 0.855. The summed E-state index contributed by atoms with van der Waals surface area (Å²) in [5, 5.41) is 0. The molecule has 1 heterocycles. The Bertz CT molecular complexity index is 688. The number of nitrogens with zero attached hydrogens (tertiary/aromatic N) is 1. The van der Waals surface area contributed by atoms with Crippen molar-refractivity contribution in [2.45, 2.75) is 4.90 Å². The lowest BCUT2D eigenvalue weighted by Gasteiger charge is -2.07. The number of benzene rings is 1. The van der Waals surface area contributed by atoms with Gasteiger partial charge in [-0.25, -0.2) is 8.42 Å². The van der Waals surface area contributed by atoms with Crippen molar-refractivity contribution in [3.63, 3.8) is 0 Å². The molecule has 0 aliphatic heterocycles. The molecule has 1 N–H and O–H groups in total. The molecular formula is C13H10N2O2S. The van der Waals surface area contributed by atoms with Gasteiger partial charge in [0.15, 0.2) is 0 Å². The molecule has 90 valence electrons. The first kappa shape index (κ1) is 12.1. The zero-order valence-electron chi connectivity index (χ0n) is 9.37. The van der Waals surface area contributed by atoms with Crippen molar-refractivity contribution in [1.82, 2.24) is 4.98 Å². The molecule has 0 amide bonds. The van der Waals surface area contributed by atoms with Crippen LogP contribution < -0.4 is 4.72 Å². The van der Waals surface area contributed by atoms with Crippen LogP contribution in [-0.4, -0.2) is 13.4 Å². The van der Waals surface area contributed by atoms with Crippen molar-refractivity contribution in [3.8, 4) is 12.3 Å². The summed E-state index contributed by atoms with van der Waals surface area (Å²) in [7, 11) is -3.62. The van der Waals surface area contributed by atoms with Crippen molar-refractivity contribution in [2.24, 2.45) is 0 Å². The van der Waals surface area contributed by atoms with Crippen LogP contribution in [-0.2, 0) is 10.0 Å². The maximum Gasteiger partial charge on any atom is 0.263 e. The standard InChI is InChI=1S/C13H10N2O2S/c1-2-11-5-3-6-12(9-11)15-18(16,17)13-7-4-8-14-10-13/h1,3-10,15H. The van der Waals surface area contributed by atoms with Crippen molar-refractivity contribution < 1.29 is 8.42 Å². The largest absolute Gasteiger partial charge is 0.280 e. The predicted molar refractivity (Wildman–Crippen MR) is 69.4 cm³/mol. The molecule has 5 heteroatoms. The molecule has 2 aromatic rings. The molecular weight excluding hydrogens is 248 g/mol. The van der Waals surface area contributed by atoms with Crippen LogP contribution in [0.1, 0.15) is 5.56 Å². The molecule has 0 spiro atoms. The maximum atomic E-state index is 12.0. The van der Waals surface area contributed by atoms with E-state index in [9.17, 15) is 8.42 Å². The summed E-state index contributed by atoms with van der Waals surface area (Å²) >= 11 is 0. The fourth-order valence-corrected chi connectivity index (χ4v) is 2.41. The Morgan fingerprint density at radius 1 is 1.22 bits per heavy atom. The molecule has 0 fully saturated rings. The average molecular weight is 258 g/mol. The number of sulfonamides is 1. The Hall–Kier alpha value is -2.32. The highest BCUT2D eigenvalue weighted by molar-refractivity contribution is 7.92. The minimum absolute atomic E-state index is 0.108. The third-order valence-electron chi connectivity index (χ3n) is 2.23. The highest BCUT2D eigenvalue weighted by Crippen LogP contribution is 2.15. The Labute approximate surface area is 106 Å². The molecule has 0 aliphatic carbocycles. The zero-order chi connectivity index (χ0) is 13.0. The van der Waals surface area contributed by atoms with Crippen molar-refractivity contribution >= 4 is 15.7 Å². The van der Waals surface area contributed by atoms with Crippen molar-refractivity contribution in [1.29, 1.82) is 0 Å². The minimum Gasteiger partial charge on any atom is -0.280 e. The first-order chi connectivity index (χ1) is 8.62. The Morgan fingerprint density at radius 2 is 2.06 bits per heavy atom. The summed E-state index contributed by atoms with van der Waals surface area (Å²) in [4.78, 5) is 3.88. The lowest BCUT2D eigenvalue weighted by atomic mass is 10.2. The van der Waals surface area contributed by atoms with Gasteiger partial charge < -0.3 is 0 Å². The van der Waals surface area contributed by atoms with E-state index in [1.807, 2.05) is 0 Å². The van der Waals surface area contributed by atoms with Crippen LogP contribution in [0.25, 0.3) is 0 Å². The van der Waals surface area contributed by atoms with Crippen LogP contribution >= 0.6 is 0 Å². The van der Waals surface area contributed by atoms with Crippen molar-refractivity contribution in [2.75, 3.05) is 4.72 Å². The molecule has 4 nitrogen and oxygen atoms in total. The van der Waals surface area contributed by atoms with E-state index in [1.54, 1.807) is 30.3 Å². The predicted octanol–water partition coefficient (Wildman–Crippen LogP) is 1.86.